The van der Waals surface area contributed by atoms with E-state index in [4.69, 9.17) is 26.2 Å². The zero-order valence-corrected chi connectivity index (χ0v) is 12.4. The highest BCUT2D eigenvalue weighted by molar-refractivity contribution is 7.13. The minimum atomic E-state index is -0.916. The van der Waals surface area contributed by atoms with Gasteiger partial charge in [-0.25, -0.2) is 4.98 Å². The van der Waals surface area contributed by atoms with Crippen molar-refractivity contribution in [1.82, 2.24) is 4.98 Å². The number of nitrogens with zero attached hydrogens (tertiary/aromatic N) is 1. The molecule has 0 aliphatic rings. The summed E-state index contributed by atoms with van der Waals surface area (Å²) in [7, 11) is 3.04. The smallest absolute Gasteiger partial charge is 0.309 e. The van der Waals surface area contributed by atoms with Crippen LogP contribution in [0, 0.1) is 0 Å². The van der Waals surface area contributed by atoms with Gasteiger partial charge in [-0.3, -0.25) is 4.79 Å². The molecule has 1 heterocycles. The molecule has 7 heteroatoms. The molecule has 1 N–H and O–H groups in total. The SMILES string of the molecule is COc1ccc(-c2nc(CC(=O)O)cs2)c(Cl)c1OC. The number of carbonyl (C=O) groups is 1. The van der Waals surface area contributed by atoms with Crippen LogP contribution in [0.25, 0.3) is 10.6 Å². The highest BCUT2D eigenvalue weighted by Crippen LogP contribution is 2.42. The number of halogens is 1. The lowest BCUT2D eigenvalue weighted by Gasteiger charge is -2.11. The van der Waals surface area contributed by atoms with Crippen LogP contribution in [-0.4, -0.2) is 30.3 Å². The summed E-state index contributed by atoms with van der Waals surface area (Å²) < 4.78 is 10.4. The number of methoxy groups -OCH3 is 2. The fraction of sp³-hybridized carbons (Fsp3) is 0.231. The average molecular weight is 314 g/mol. The minimum absolute atomic E-state index is 0.110. The van der Waals surface area contributed by atoms with E-state index >= 15 is 0 Å². The molecule has 5 nitrogen and oxygen atoms in total. The van der Waals surface area contributed by atoms with Gasteiger partial charge in [0.2, 0.25) is 0 Å². The second kappa shape index (κ2) is 6.11. The molecule has 1 aromatic carbocycles. The number of aromatic nitrogens is 1. The van der Waals surface area contributed by atoms with Crippen molar-refractivity contribution in [3.63, 3.8) is 0 Å². The van der Waals surface area contributed by atoms with Crippen LogP contribution in [-0.2, 0) is 11.2 Å². The monoisotopic (exact) mass is 313 g/mol. The third kappa shape index (κ3) is 2.86. The number of carboxylic acid groups (broad SMARTS) is 1. The number of benzene rings is 1. The normalized spacial score (nSPS) is 10.3. The molecule has 1 aromatic heterocycles. The van der Waals surface area contributed by atoms with Crippen LogP contribution in [0.15, 0.2) is 17.5 Å². The van der Waals surface area contributed by atoms with Gasteiger partial charge >= 0.3 is 5.97 Å². The van der Waals surface area contributed by atoms with Crippen molar-refractivity contribution < 1.29 is 19.4 Å². The maximum Gasteiger partial charge on any atom is 0.309 e. The second-order valence-corrected chi connectivity index (χ2v) is 5.11. The lowest BCUT2D eigenvalue weighted by Crippen LogP contribution is -2.00. The summed E-state index contributed by atoms with van der Waals surface area (Å²) in [5.41, 5.74) is 1.19. The van der Waals surface area contributed by atoms with Gasteiger partial charge in [-0.05, 0) is 12.1 Å². The van der Waals surface area contributed by atoms with Crippen molar-refractivity contribution in [2.45, 2.75) is 6.42 Å². The van der Waals surface area contributed by atoms with Crippen LogP contribution in [0.5, 0.6) is 11.5 Å². The Morgan fingerprint density at radius 3 is 2.75 bits per heavy atom. The fourth-order valence-corrected chi connectivity index (χ4v) is 2.95. The van der Waals surface area contributed by atoms with E-state index in [1.165, 1.54) is 25.6 Å². The Labute approximate surface area is 124 Å². The van der Waals surface area contributed by atoms with Crippen LogP contribution in [0.1, 0.15) is 5.69 Å². The number of rotatable bonds is 5. The number of hydrogen-bond donors (Lipinski definition) is 1. The minimum Gasteiger partial charge on any atom is -0.493 e. The van der Waals surface area contributed by atoms with Gasteiger partial charge in [-0.2, -0.15) is 0 Å². The molecule has 20 heavy (non-hydrogen) atoms. The van der Waals surface area contributed by atoms with Crippen LogP contribution < -0.4 is 9.47 Å². The first kappa shape index (κ1) is 14.6. The number of thiazole rings is 1. The quantitative estimate of drug-likeness (QED) is 0.918. The Morgan fingerprint density at radius 2 is 2.15 bits per heavy atom. The van der Waals surface area contributed by atoms with Gasteiger partial charge < -0.3 is 14.6 Å². The molecule has 0 fully saturated rings. The van der Waals surface area contributed by atoms with E-state index in [0.717, 1.165) is 0 Å². The summed E-state index contributed by atoms with van der Waals surface area (Å²) in [6.07, 6.45) is -0.110. The van der Waals surface area contributed by atoms with E-state index in [0.29, 0.717) is 32.8 Å². The summed E-state index contributed by atoms with van der Waals surface area (Å²) in [5, 5.41) is 11.5. The lowest BCUT2D eigenvalue weighted by molar-refractivity contribution is -0.136. The van der Waals surface area contributed by atoms with Gasteiger partial charge in [-0.1, -0.05) is 11.6 Å². The van der Waals surface area contributed by atoms with Crippen molar-refractivity contribution in [3.8, 4) is 22.1 Å². The Balaban J connectivity index is 2.42. The Bertz CT molecular complexity index is 641. The van der Waals surface area contributed by atoms with Gasteiger partial charge in [0.1, 0.15) is 5.01 Å². The standard InChI is InChI=1S/C13H12ClNO4S/c1-18-9-4-3-8(11(14)12(9)19-2)13-15-7(6-20-13)5-10(16)17/h3-4,6H,5H2,1-2H3,(H,16,17). The molecule has 0 saturated heterocycles. The molecule has 0 saturated carbocycles. The molecule has 106 valence electrons. The number of hydrogen-bond acceptors (Lipinski definition) is 5. The molecule has 2 rings (SSSR count). The van der Waals surface area contributed by atoms with E-state index in [-0.39, 0.29) is 6.42 Å². The number of ether oxygens (including phenoxy) is 2. The summed E-state index contributed by atoms with van der Waals surface area (Å²) in [5.74, 6) is 0.0467. The van der Waals surface area contributed by atoms with Gasteiger partial charge in [0.25, 0.3) is 0 Å². The fourth-order valence-electron chi connectivity index (χ4n) is 1.72. The molecule has 0 bridgehead atoms. The topological polar surface area (TPSA) is 68.7 Å². The Morgan fingerprint density at radius 1 is 1.40 bits per heavy atom. The predicted molar refractivity (Wildman–Crippen MR) is 77.0 cm³/mol. The maximum absolute atomic E-state index is 10.7. The van der Waals surface area contributed by atoms with Gasteiger partial charge in [0.15, 0.2) is 11.5 Å². The van der Waals surface area contributed by atoms with E-state index in [1.807, 2.05) is 0 Å². The van der Waals surface area contributed by atoms with Crippen molar-refractivity contribution in [3.05, 3.63) is 28.2 Å². The first-order valence-corrected chi connectivity index (χ1v) is 6.89. The van der Waals surface area contributed by atoms with Crippen molar-refractivity contribution in [2.75, 3.05) is 14.2 Å². The molecular formula is C13H12ClNO4S. The third-order valence-electron chi connectivity index (χ3n) is 2.60. The molecule has 0 radical (unpaired) electrons. The first-order valence-electron chi connectivity index (χ1n) is 5.63. The summed E-state index contributed by atoms with van der Waals surface area (Å²) in [4.78, 5) is 14.9. The van der Waals surface area contributed by atoms with E-state index in [9.17, 15) is 4.79 Å². The van der Waals surface area contributed by atoms with Gasteiger partial charge in [0, 0.05) is 10.9 Å². The highest BCUT2D eigenvalue weighted by Gasteiger charge is 2.17. The molecule has 0 aliphatic heterocycles. The van der Waals surface area contributed by atoms with E-state index in [1.54, 1.807) is 17.5 Å². The van der Waals surface area contributed by atoms with Crippen molar-refractivity contribution in [2.24, 2.45) is 0 Å². The molecule has 0 amide bonds. The van der Waals surface area contributed by atoms with Gasteiger partial charge in [0.05, 0.1) is 31.4 Å². The van der Waals surface area contributed by atoms with Crippen molar-refractivity contribution >= 4 is 28.9 Å². The zero-order valence-electron chi connectivity index (χ0n) is 10.8. The Hall–Kier alpha value is -1.79. The summed E-state index contributed by atoms with van der Waals surface area (Å²) in [6.45, 7) is 0. The predicted octanol–water partition coefficient (Wildman–Crippen LogP) is 3.11. The number of carboxylic acids is 1. The van der Waals surface area contributed by atoms with Crippen molar-refractivity contribution in [1.29, 1.82) is 0 Å². The van der Waals surface area contributed by atoms with Gasteiger partial charge in [-0.15, -0.1) is 11.3 Å². The summed E-state index contributed by atoms with van der Waals surface area (Å²) >= 11 is 7.62. The maximum atomic E-state index is 10.7. The molecule has 0 atom stereocenters. The first-order chi connectivity index (χ1) is 9.56. The third-order valence-corrected chi connectivity index (χ3v) is 3.90. The lowest BCUT2D eigenvalue weighted by atomic mass is 10.2. The summed E-state index contributed by atoms with van der Waals surface area (Å²) in [6, 6.07) is 3.51. The molecule has 0 unspecified atom stereocenters. The van der Waals surface area contributed by atoms with Crippen LogP contribution >= 0.6 is 22.9 Å². The molecule has 2 aromatic rings. The zero-order chi connectivity index (χ0) is 14.7. The van der Waals surface area contributed by atoms with Crippen LogP contribution in [0.4, 0.5) is 0 Å². The van der Waals surface area contributed by atoms with Crippen LogP contribution in [0.3, 0.4) is 0 Å². The van der Waals surface area contributed by atoms with Crippen LogP contribution in [0.2, 0.25) is 5.02 Å². The second-order valence-electron chi connectivity index (χ2n) is 3.88. The number of aliphatic carboxylic acids is 1. The molecule has 0 spiro atoms. The highest BCUT2D eigenvalue weighted by atomic mass is 35.5. The molecular weight excluding hydrogens is 302 g/mol. The average Bonchev–Trinajstić information content (AvgIpc) is 2.85. The Kier molecular flexibility index (Phi) is 4.46. The van der Waals surface area contributed by atoms with E-state index < -0.39 is 5.97 Å². The van der Waals surface area contributed by atoms with E-state index in [2.05, 4.69) is 4.98 Å². The largest absolute Gasteiger partial charge is 0.493 e. The molecule has 0 aliphatic carbocycles.